The molecular weight excluding hydrogens is 373 g/mol. The molecule has 0 unspecified atom stereocenters. The maximum absolute atomic E-state index is 12.1. The van der Waals surface area contributed by atoms with E-state index in [2.05, 4.69) is 10.6 Å². The van der Waals surface area contributed by atoms with Crippen LogP contribution in [0, 0.1) is 5.92 Å². The van der Waals surface area contributed by atoms with Crippen molar-refractivity contribution < 1.29 is 18.5 Å². The van der Waals surface area contributed by atoms with Crippen molar-refractivity contribution in [3.8, 4) is 0 Å². The Labute approximate surface area is 153 Å². The molecule has 1 atom stereocenters. The molecule has 1 fully saturated rings. The quantitative estimate of drug-likeness (QED) is 0.554. The minimum Gasteiger partial charge on any atom is -0.368 e. The molecule has 1 saturated heterocycles. The molecule has 6 nitrogen and oxygen atoms in total. The second kappa shape index (κ2) is 9.02. The molecule has 2 rings (SSSR count). The van der Waals surface area contributed by atoms with Crippen molar-refractivity contribution in [3.05, 3.63) is 33.8 Å². The van der Waals surface area contributed by atoms with E-state index < -0.39 is 13.0 Å². The molecule has 0 radical (unpaired) electrons. The van der Waals surface area contributed by atoms with Gasteiger partial charge in [0.25, 0.3) is 5.91 Å². The standard InChI is InChI=1S/C14H18BCl2N2O4P/c1-8(2)5-12(15-22-24-23-15)19-13(20)7-18-14(21)10-6-9(16)3-4-11(10)17/h3-4,6,8,12,24H,5,7H2,1-2H3,(H,18,21)(H,19,20)/t12-/m0/s1. The molecule has 0 saturated carbocycles. The summed E-state index contributed by atoms with van der Waals surface area (Å²) >= 11 is 11.8. The van der Waals surface area contributed by atoms with Gasteiger partial charge in [0, 0.05) is 5.02 Å². The van der Waals surface area contributed by atoms with Gasteiger partial charge in [-0.1, -0.05) is 37.0 Å². The van der Waals surface area contributed by atoms with E-state index in [0.29, 0.717) is 10.9 Å². The number of carbonyl (C=O) groups excluding carboxylic acids is 2. The zero-order valence-electron chi connectivity index (χ0n) is 13.3. The fourth-order valence-electron chi connectivity index (χ4n) is 2.20. The highest BCUT2D eigenvalue weighted by Gasteiger charge is 2.38. The van der Waals surface area contributed by atoms with Crippen LogP contribution in [0.5, 0.6) is 0 Å². The van der Waals surface area contributed by atoms with Crippen LogP contribution in [0.25, 0.3) is 0 Å². The van der Waals surface area contributed by atoms with E-state index in [4.69, 9.17) is 32.1 Å². The van der Waals surface area contributed by atoms with E-state index in [0.717, 1.165) is 6.42 Å². The van der Waals surface area contributed by atoms with Gasteiger partial charge in [-0.15, -0.1) is 0 Å². The number of rotatable bonds is 7. The van der Waals surface area contributed by atoms with Crippen molar-refractivity contribution in [1.29, 1.82) is 0 Å². The van der Waals surface area contributed by atoms with Crippen LogP contribution in [0.15, 0.2) is 18.2 Å². The topological polar surface area (TPSA) is 76.7 Å². The number of nitrogens with one attached hydrogen (secondary N) is 2. The van der Waals surface area contributed by atoms with Crippen LogP contribution in [0.3, 0.4) is 0 Å². The van der Waals surface area contributed by atoms with Crippen LogP contribution >= 0.6 is 32.2 Å². The van der Waals surface area contributed by atoms with Crippen LogP contribution < -0.4 is 10.6 Å². The molecule has 10 heteroatoms. The number of benzene rings is 1. The molecule has 1 heterocycles. The van der Waals surface area contributed by atoms with Crippen molar-refractivity contribution in [1.82, 2.24) is 10.6 Å². The predicted octanol–water partition coefficient (Wildman–Crippen LogP) is 2.84. The Morgan fingerprint density at radius 1 is 1.29 bits per heavy atom. The minimum absolute atomic E-state index is 0.0144. The van der Waals surface area contributed by atoms with Gasteiger partial charge >= 0.3 is 7.12 Å². The lowest BCUT2D eigenvalue weighted by Crippen LogP contribution is -2.53. The first-order valence-corrected chi connectivity index (χ1v) is 9.03. The molecule has 0 aliphatic carbocycles. The Hall–Kier alpha value is -0.845. The third-order valence-corrected chi connectivity index (χ3v) is 4.53. The smallest absolute Gasteiger partial charge is 0.368 e. The van der Waals surface area contributed by atoms with Gasteiger partial charge in [-0.25, -0.2) is 0 Å². The Morgan fingerprint density at radius 2 is 2.00 bits per heavy atom. The van der Waals surface area contributed by atoms with E-state index in [1.807, 2.05) is 13.8 Å². The SMILES string of the molecule is CC(C)C[C@H](NC(=O)CNC(=O)c1cc(Cl)ccc1Cl)B1OPO1. The van der Waals surface area contributed by atoms with Gasteiger partial charge < -0.3 is 19.5 Å². The van der Waals surface area contributed by atoms with Gasteiger partial charge in [0.15, 0.2) is 0 Å². The Bertz CT molecular complexity index is 616. The van der Waals surface area contributed by atoms with Crippen LogP contribution in [0.1, 0.15) is 30.6 Å². The van der Waals surface area contributed by atoms with Gasteiger partial charge in [0.2, 0.25) is 5.91 Å². The molecule has 1 aliphatic rings. The van der Waals surface area contributed by atoms with Crippen molar-refractivity contribution in [3.63, 3.8) is 0 Å². The van der Waals surface area contributed by atoms with Crippen molar-refractivity contribution in [2.24, 2.45) is 5.92 Å². The lowest BCUT2D eigenvalue weighted by Gasteiger charge is -2.31. The van der Waals surface area contributed by atoms with E-state index in [1.54, 1.807) is 6.07 Å². The second-order valence-corrected chi connectivity index (χ2v) is 7.28. The lowest BCUT2D eigenvalue weighted by molar-refractivity contribution is -0.120. The Morgan fingerprint density at radius 3 is 2.58 bits per heavy atom. The number of carbonyl (C=O) groups is 2. The first-order chi connectivity index (χ1) is 11.4. The maximum Gasteiger partial charge on any atom is 0.490 e. The molecule has 0 spiro atoms. The second-order valence-electron chi connectivity index (χ2n) is 5.80. The fourth-order valence-corrected chi connectivity index (χ4v) is 3.11. The summed E-state index contributed by atoms with van der Waals surface area (Å²) in [7, 11) is -0.409. The van der Waals surface area contributed by atoms with Crippen LogP contribution in [0.4, 0.5) is 0 Å². The average Bonchev–Trinajstić information content (AvgIpc) is 2.44. The summed E-state index contributed by atoms with van der Waals surface area (Å²) in [6.45, 7) is 3.91. The molecular formula is C14H18BCl2N2O4P. The van der Waals surface area contributed by atoms with E-state index >= 15 is 0 Å². The Balaban J connectivity index is 1.87. The van der Waals surface area contributed by atoms with Gasteiger partial charge in [-0.05, 0) is 30.5 Å². The van der Waals surface area contributed by atoms with Crippen molar-refractivity contribution in [2.45, 2.75) is 26.2 Å². The summed E-state index contributed by atoms with van der Waals surface area (Å²) in [5.41, 5.74) is 0.225. The first-order valence-electron chi connectivity index (χ1n) is 7.45. The summed E-state index contributed by atoms with van der Waals surface area (Å²) in [5, 5.41) is 6.02. The highest BCUT2D eigenvalue weighted by Crippen LogP contribution is 2.32. The molecule has 1 aromatic carbocycles. The number of hydrogen-bond acceptors (Lipinski definition) is 4. The van der Waals surface area contributed by atoms with E-state index in [9.17, 15) is 9.59 Å². The summed E-state index contributed by atoms with van der Waals surface area (Å²) in [4.78, 5) is 24.2. The maximum atomic E-state index is 12.1. The largest absolute Gasteiger partial charge is 0.490 e. The minimum atomic E-state index is -0.462. The molecule has 130 valence electrons. The highest BCUT2D eigenvalue weighted by atomic mass is 35.5. The van der Waals surface area contributed by atoms with Crippen molar-refractivity contribution >= 4 is 51.2 Å². The molecule has 0 aromatic heterocycles. The summed E-state index contributed by atoms with van der Waals surface area (Å²) in [6.07, 6.45) is 0.717. The summed E-state index contributed by atoms with van der Waals surface area (Å²) in [5.74, 6) is -0.665. The van der Waals surface area contributed by atoms with E-state index in [-0.39, 0.29) is 38.0 Å². The first kappa shape index (κ1) is 19.5. The zero-order chi connectivity index (χ0) is 17.7. The van der Waals surface area contributed by atoms with E-state index in [1.165, 1.54) is 12.1 Å². The molecule has 1 aliphatic heterocycles. The normalized spacial score (nSPS) is 15.0. The van der Waals surface area contributed by atoms with Gasteiger partial charge in [0.05, 0.1) is 23.1 Å². The number of hydrogen-bond donors (Lipinski definition) is 2. The third-order valence-electron chi connectivity index (χ3n) is 3.31. The van der Waals surface area contributed by atoms with Gasteiger partial charge in [-0.2, -0.15) is 0 Å². The van der Waals surface area contributed by atoms with Gasteiger partial charge in [0.1, 0.15) is 9.03 Å². The molecule has 2 amide bonds. The molecule has 24 heavy (non-hydrogen) atoms. The molecule has 1 aromatic rings. The summed E-state index contributed by atoms with van der Waals surface area (Å²) < 4.78 is 10.6. The van der Waals surface area contributed by atoms with Gasteiger partial charge in [-0.3, -0.25) is 9.59 Å². The number of amides is 2. The summed E-state index contributed by atoms with van der Waals surface area (Å²) in [6, 6.07) is 4.57. The predicted molar refractivity (Wildman–Crippen MR) is 96.4 cm³/mol. The average molecular weight is 391 g/mol. The highest BCUT2D eigenvalue weighted by molar-refractivity contribution is 7.34. The molecule has 2 N–H and O–H groups in total. The monoisotopic (exact) mass is 390 g/mol. The lowest BCUT2D eigenvalue weighted by atomic mass is 9.75. The van der Waals surface area contributed by atoms with Crippen molar-refractivity contribution in [2.75, 3.05) is 6.54 Å². The van der Waals surface area contributed by atoms with Crippen LogP contribution in [0.2, 0.25) is 10.0 Å². The third kappa shape index (κ3) is 5.61. The van der Waals surface area contributed by atoms with Crippen LogP contribution in [-0.4, -0.2) is 31.4 Å². The Kier molecular flexibility index (Phi) is 7.32. The zero-order valence-corrected chi connectivity index (χ0v) is 15.8. The van der Waals surface area contributed by atoms with Crippen LogP contribution in [-0.2, 0) is 13.7 Å². The molecule has 0 bridgehead atoms. The fraction of sp³-hybridized carbons (Fsp3) is 0.429. The number of halogens is 2.